The molecule has 0 bridgehead atoms. The Morgan fingerprint density at radius 3 is 2.29 bits per heavy atom. The van der Waals surface area contributed by atoms with Gasteiger partial charge in [0, 0.05) is 10.4 Å². The Morgan fingerprint density at radius 1 is 1.12 bits per heavy atom. The van der Waals surface area contributed by atoms with Gasteiger partial charge in [-0.3, -0.25) is 9.59 Å². The second kappa shape index (κ2) is 5.35. The predicted molar refractivity (Wildman–Crippen MR) is 91.3 cm³/mol. The largest absolute Gasteiger partial charge is 0.468 e. The lowest BCUT2D eigenvalue weighted by Crippen LogP contribution is -2.41. The molecule has 0 radical (unpaired) electrons. The fraction of sp³-hybridized carbons (Fsp3) is 0.474. The molecule has 0 aromatic heterocycles. The van der Waals surface area contributed by atoms with Crippen molar-refractivity contribution < 1.29 is 19.1 Å². The van der Waals surface area contributed by atoms with Gasteiger partial charge >= 0.3 is 11.9 Å². The number of carbonyl (C=O) groups is 2. The fourth-order valence-electron chi connectivity index (χ4n) is 4.67. The van der Waals surface area contributed by atoms with E-state index >= 15 is 0 Å². The molecular formula is C19H21ClO4. The summed E-state index contributed by atoms with van der Waals surface area (Å²) >= 11 is 6.10. The number of hydrogen-bond acceptors (Lipinski definition) is 4. The predicted octanol–water partition coefficient (Wildman–Crippen LogP) is 3.88. The van der Waals surface area contributed by atoms with Crippen LogP contribution in [0.15, 0.2) is 30.8 Å². The Kier molecular flexibility index (Phi) is 3.79. The Labute approximate surface area is 146 Å². The van der Waals surface area contributed by atoms with Crippen molar-refractivity contribution in [1.82, 2.24) is 0 Å². The van der Waals surface area contributed by atoms with Gasteiger partial charge < -0.3 is 9.47 Å². The van der Waals surface area contributed by atoms with Crippen LogP contribution in [0.3, 0.4) is 0 Å². The van der Waals surface area contributed by atoms with Gasteiger partial charge in [0.25, 0.3) is 0 Å². The summed E-state index contributed by atoms with van der Waals surface area (Å²) in [4.78, 5) is 24.9. The highest BCUT2D eigenvalue weighted by molar-refractivity contribution is 6.30. The molecule has 0 N–H and O–H groups in total. The van der Waals surface area contributed by atoms with E-state index in [1.165, 1.54) is 14.2 Å². The van der Waals surface area contributed by atoms with Crippen molar-refractivity contribution in [3.05, 3.63) is 41.4 Å². The molecule has 0 aliphatic heterocycles. The number of rotatable bonds is 4. The number of carbonyl (C=O) groups excluding carboxylic acids is 2. The Balaban J connectivity index is 2.00. The van der Waals surface area contributed by atoms with Gasteiger partial charge in [0.05, 0.1) is 14.2 Å². The molecule has 0 unspecified atom stereocenters. The molecule has 2 atom stereocenters. The minimum absolute atomic E-state index is 0.172. The lowest BCUT2D eigenvalue weighted by atomic mass is 9.78. The summed E-state index contributed by atoms with van der Waals surface area (Å²) in [5.74, 6) is -1.05. The van der Waals surface area contributed by atoms with Gasteiger partial charge in [-0.15, -0.1) is 0 Å². The molecule has 2 saturated carbocycles. The SMILES string of the molecule is C=C(c1cccc(Cl)c1)[C@@]12CC(C(=O)OC)(C(=O)OC)C[C@]1(C)C2. The van der Waals surface area contributed by atoms with Gasteiger partial charge in [-0.2, -0.15) is 0 Å². The Bertz CT molecular complexity index is 725. The number of ether oxygens (including phenoxy) is 2. The van der Waals surface area contributed by atoms with Crippen LogP contribution < -0.4 is 0 Å². The monoisotopic (exact) mass is 348 g/mol. The van der Waals surface area contributed by atoms with Crippen LogP contribution in [0.4, 0.5) is 0 Å². The van der Waals surface area contributed by atoms with Crippen molar-refractivity contribution in [2.24, 2.45) is 16.2 Å². The highest BCUT2D eigenvalue weighted by Crippen LogP contribution is 2.81. The summed E-state index contributed by atoms with van der Waals surface area (Å²) in [5, 5.41) is 0.637. The van der Waals surface area contributed by atoms with Crippen LogP contribution in [0.2, 0.25) is 5.02 Å². The van der Waals surface area contributed by atoms with Crippen molar-refractivity contribution in [3.63, 3.8) is 0 Å². The number of methoxy groups -OCH3 is 2. The zero-order valence-electron chi connectivity index (χ0n) is 14.1. The molecule has 2 aliphatic carbocycles. The van der Waals surface area contributed by atoms with Crippen molar-refractivity contribution in [2.75, 3.05) is 14.2 Å². The molecule has 0 amide bonds. The smallest absolute Gasteiger partial charge is 0.323 e. The van der Waals surface area contributed by atoms with Gasteiger partial charge in [-0.1, -0.05) is 37.2 Å². The lowest BCUT2D eigenvalue weighted by Gasteiger charge is -2.27. The van der Waals surface area contributed by atoms with Crippen LogP contribution in [-0.2, 0) is 19.1 Å². The second-order valence-electron chi connectivity index (χ2n) is 7.23. The van der Waals surface area contributed by atoms with Gasteiger partial charge in [0.15, 0.2) is 5.41 Å². The first-order valence-corrected chi connectivity index (χ1v) is 8.25. The van der Waals surface area contributed by atoms with Crippen LogP contribution in [0.5, 0.6) is 0 Å². The van der Waals surface area contributed by atoms with Gasteiger partial charge in [0.2, 0.25) is 0 Å². The first kappa shape index (κ1) is 17.0. The van der Waals surface area contributed by atoms with E-state index in [0.717, 1.165) is 17.6 Å². The number of benzene rings is 1. The van der Waals surface area contributed by atoms with E-state index < -0.39 is 17.4 Å². The van der Waals surface area contributed by atoms with Crippen molar-refractivity contribution in [2.45, 2.75) is 26.2 Å². The minimum Gasteiger partial charge on any atom is -0.468 e. The highest BCUT2D eigenvalue weighted by Gasteiger charge is 2.78. The maximum Gasteiger partial charge on any atom is 0.323 e. The molecule has 128 valence electrons. The third-order valence-electron chi connectivity index (χ3n) is 5.92. The Hall–Kier alpha value is -1.81. The molecule has 1 aromatic carbocycles. The molecule has 0 saturated heterocycles. The molecule has 4 nitrogen and oxygen atoms in total. The standard InChI is InChI=1S/C19H21ClO4/c1-12(13-6-5-7-14(20)8-13)19-10-17(19,2)9-18(11-19,15(21)23-3)16(22)24-4/h5-8H,1,9-11H2,2-4H3/t17-,19-/m1/s1. The molecule has 3 rings (SSSR count). The molecule has 1 aromatic rings. The molecule has 5 heteroatoms. The number of esters is 2. The first-order valence-electron chi connectivity index (χ1n) is 7.87. The van der Waals surface area contributed by atoms with Gasteiger partial charge in [-0.25, -0.2) is 0 Å². The van der Waals surface area contributed by atoms with E-state index in [0.29, 0.717) is 17.9 Å². The summed E-state index contributed by atoms with van der Waals surface area (Å²) in [6.07, 6.45) is 1.67. The molecule has 0 spiro atoms. The van der Waals surface area contributed by atoms with E-state index in [1.54, 1.807) is 0 Å². The van der Waals surface area contributed by atoms with Crippen LogP contribution in [0.25, 0.3) is 5.57 Å². The fourth-order valence-corrected chi connectivity index (χ4v) is 4.86. The van der Waals surface area contributed by atoms with Crippen LogP contribution >= 0.6 is 11.6 Å². The number of halogens is 1. The number of fused-ring (bicyclic) bond motifs is 1. The maximum atomic E-state index is 12.4. The minimum atomic E-state index is -1.25. The van der Waals surface area contributed by atoms with E-state index in [4.69, 9.17) is 21.1 Å². The third-order valence-corrected chi connectivity index (χ3v) is 6.16. The molecular weight excluding hydrogens is 328 g/mol. The second-order valence-corrected chi connectivity index (χ2v) is 7.66. The summed E-state index contributed by atoms with van der Waals surface area (Å²) in [6, 6.07) is 7.51. The van der Waals surface area contributed by atoms with E-state index in [1.807, 2.05) is 24.3 Å². The number of allylic oxidation sites excluding steroid dienone is 1. The van der Waals surface area contributed by atoms with Crippen molar-refractivity contribution in [3.8, 4) is 0 Å². The van der Waals surface area contributed by atoms with Gasteiger partial charge in [0.1, 0.15) is 0 Å². The van der Waals surface area contributed by atoms with Crippen molar-refractivity contribution >= 4 is 29.1 Å². The van der Waals surface area contributed by atoms with E-state index in [2.05, 4.69) is 13.5 Å². The molecule has 24 heavy (non-hydrogen) atoms. The Morgan fingerprint density at radius 2 is 1.75 bits per heavy atom. The van der Waals surface area contributed by atoms with E-state index in [9.17, 15) is 9.59 Å². The normalized spacial score (nSPS) is 29.5. The van der Waals surface area contributed by atoms with Crippen molar-refractivity contribution in [1.29, 1.82) is 0 Å². The summed E-state index contributed by atoms with van der Waals surface area (Å²) in [7, 11) is 2.61. The van der Waals surface area contributed by atoms with Crippen LogP contribution in [0.1, 0.15) is 31.7 Å². The summed E-state index contributed by atoms with van der Waals surface area (Å²) in [6.45, 7) is 6.37. The topological polar surface area (TPSA) is 52.6 Å². The first-order chi connectivity index (χ1) is 11.2. The van der Waals surface area contributed by atoms with E-state index in [-0.39, 0.29) is 10.8 Å². The zero-order chi connectivity index (χ0) is 17.8. The average Bonchev–Trinajstić information content (AvgIpc) is 3.05. The van der Waals surface area contributed by atoms with Crippen LogP contribution in [0, 0.1) is 16.2 Å². The average molecular weight is 349 g/mol. The van der Waals surface area contributed by atoms with Crippen LogP contribution in [-0.4, -0.2) is 26.2 Å². The summed E-state index contributed by atoms with van der Waals surface area (Å²) < 4.78 is 9.87. The lowest BCUT2D eigenvalue weighted by molar-refractivity contribution is -0.170. The molecule has 2 aliphatic rings. The summed E-state index contributed by atoms with van der Waals surface area (Å²) in [5.41, 5.74) is 0.131. The molecule has 0 heterocycles. The van der Waals surface area contributed by atoms with Gasteiger partial charge in [-0.05, 0) is 47.9 Å². The maximum absolute atomic E-state index is 12.4. The zero-order valence-corrected chi connectivity index (χ0v) is 14.9. The third kappa shape index (κ3) is 2.12. The molecule has 2 fully saturated rings. The highest BCUT2D eigenvalue weighted by atomic mass is 35.5. The number of hydrogen-bond donors (Lipinski definition) is 0. The quantitative estimate of drug-likeness (QED) is 0.612.